The molecule has 1 aromatic rings. The Balaban J connectivity index is 2.23. The standard InChI is InChI=1S/C18H25N/c1-2-3-5-9-16-12-8-13-17(14-19)18(16)15-10-6-4-7-11-15/h8,12-13,15H,2-7,9-11H2,1H3. The molecule has 0 saturated heterocycles. The van der Waals surface area contributed by atoms with E-state index in [1.54, 1.807) is 0 Å². The normalized spacial score (nSPS) is 16.2. The predicted molar refractivity (Wildman–Crippen MR) is 80.2 cm³/mol. The minimum atomic E-state index is 0.640. The maximum absolute atomic E-state index is 9.40. The highest BCUT2D eigenvalue weighted by molar-refractivity contribution is 5.45. The van der Waals surface area contributed by atoms with Gasteiger partial charge in [0, 0.05) is 0 Å². The Morgan fingerprint density at radius 2 is 1.95 bits per heavy atom. The number of aryl methyl sites for hydroxylation is 1. The largest absolute Gasteiger partial charge is 0.192 e. The Kier molecular flexibility index (Phi) is 5.45. The zero-order valence-corrected chi connectivity index (χ0v) is 12.1. The predicted octanol–water partition coefficient (Wildman–Crippen LogP) is 5.34. The molecular weight excluding hydrogens is 230 g/mol. The van der Waals surface area contributed by atoms with Crippen molar-refractivity contribution in [2.45, 2.75) is 70.6 Å². The number of hydrogen-bond acceptors (Lipinski definition) is 1. The van der Waals surface area contributed by atoms with Crippen LogP contribution in [0.2, 0.25) is 0 Å². The van der Waals surface area contributed by atoms with Crippen molar-refractivity contribution < 1.29 is 0 Å². The van der Waals surface area contributed by atoms with Gasteiger partial charge in [-0.05, 0) is 48.8 Å². The van der Waals surface area contributed by atoms with Crippen LogP contribution in [-0.2, 0) is 6.42 Å². The van der Waals surface area contributed by atoms with Crippen LogP contribution < -0.4 is 0 Å². The van der Waals surface area contributed by atoms with Crippen molar-refractivity contribution in [2.24, 2.45) is 0 Å². The zero-order valence-electron chi connectivity index (χ0n) is 12.1. The van der Waals surface area contributed by atoms with Crippen LogP contribution in [0.15, 0.2) is 18.2 Å². The van der Waals surface area contributed by atoms with Crippen LogP contribution in [0, 0.1) is 11.3 Å². The van der Waals surface area contributed by atoms with Gasteiger partial charge in [-0.1, -0.05) is 51.2 Å². The first-order valence-electron chi connectivity index (χ1n) is 7.88. The monoisotopic (exact) mass is 255 g/mol. The van der Waals surface area contributed by atoms with Crippen molar-refractivity contribution in [3.63, 3.8) is 0 Å². The van der Waals surface area contributed by atoms with Gasteiger partial charge in [0.15, 0.2) is 0 Å². The number of benzene rings is 1. The summed E-state index contributed by atoms with van der Waals surface area (Å²) >= 11 is 0. The third-order valence-electron chi connectivity index (χ3n) is 4.38. The number of unbranched alkanes of at least 4 members (excludes halogenated alkanes) is 2. The number of rotatable bonds is 5. The van der Waals surface area contributed by atoms with E-state index >= 15 is 0 Å². The van der Waals surface area contributed by atoms with Crippen LogP contribution >= 0.6 is 0 Å². The summed E-state index contributed by atoms with van der Waals surface area (Å²) in [4.78, 5) is 0. The second kappa shape index (κ2) is 7.34. The van der Waals surface area contributed by atoms with E-state index in [9.17, 15) is 5.26 Å². The van der Waals surface area contributed by atoms with E-state index in [2.05, 4.69) is 25.1 Å². The Hall–Kier alpha value is -1.29. The van der Waals surface area contributed by atoms with Gasteiger partial charge in [0.25, 0.3) is 0 Å². The maximum atomic E-state index is 9.40. The smallest absolute Gasteiger partial charge is 0.0994 e. The van der Waals surface area contributed by atoms with Crippen LogP contribution in [0.4, 0.5) is 0 Å². The molecule has 0 spiro atoms. The zero-order chi connectivity index (χ0) is 13.5. The van der Waals surface area contributed by atoms with Crippen LogP contribution in [-0.4, -0.2) is 0 Å². The SMILES string of the molecule is CCCCCc1cccc(C#N)c1C1CCCCC1. The van der Waals surface area contributed by atoms with Crippen molar-refractivity contribution in [2.75, 3.05) is 0 Å². The summed E-state index contributed by atoms with van der Waals surface area (Å²) in [6.45, 7) is 2.24. The molecule has 0 atom stereocenters. The molecule has 0 bridgehead atoms. The average molecular weight is 255 g/mol. The summed E-state index contributed by atoms with van der Waals surface area (Å²) in [5.41, 5.74) is 3.76. The Morgan fingerprint density at radius 3 is 2.63 bits per heavy atom. The fourth-order valence-electron chi connectivity index (χ4n) is 3.37. The Bertz CT molecular complexity index is 435. The topological polar surface area (TPSA) is 23.8 Å². The first kappa shape index (κ1) is 14.1. The highest BCUT2D eigenvalue weighted by atomic mass is 14.3. The van der Waals surface area contributed by atoms with E-state index in [1.807, 2.05) is 6.07 Å². The molecular formula is C18H25N. The highest BCUT2D eigenvalue weighted by Crippen LogP contribution is 2.36. The van der Waals surface area contributed by atoms with Crippen LogP contribution in [0.25, 0.3) is 0 Å². The lowest BCUT2D eigenvalue weighted by molar-refractivity contribution is 0.440. The Morgan fingerprint density at radius 1 is 1.16 bits per heavy atom. The van der Waals surface area contributed by atoms with E-state index < -0.39 is 0 Å². The summed E-state index contributed by atoms with van der Waals surface area (Å²) in [6.07, 6.45) is 11.5. The third kappa shape index (κ3) is 3.60. The summed E-state index contributed by atoms with van der Waals surface area (Å²) in [5.74, 6) is 0.640. The van der Waals surface area contributed by atoms with E-state index in [0.29, 0.717) is 5.92 Å². The van der Waals surface area contributed by atoms with Crippen LogP contribution in [0.1, 0.15) is 80.9 Å². The summed E-state index contributed by atoms with van der Waals surface area (Å²) < 4.78 is 0. The lowest BCUT2D eigenvalue weighted by Gasteiger charge is -2.25. The van der Waals surface area contributed by atoms with Gasteiger partial charge in [0.1, 0.15) is 0 Å². The molecule has 0 aliphatic heterocycles. The fourth-order valence-corrected chi connectivity index (χ4v) is 3.37. The molecule has 0 heterocycles. The van der Waals surface area contributed by atoms with Gasteiger partial charge in [0.2, 0.25) is 0 Å². The number of nitriles is 1. The van der Waals surface area contributed by atoms with Crippen molar-refractivity contribution in [3.8, 4) is 6.07 Å². The molecule has 1 aliphatic carbocycles. The van der Waals surface area contributed by atoms with Gasteiger partial charge in [0.05, 0.1) is 11.6 Å². The third-order valence-corrected chi connectivity index (χ3v) is 4.38. The maximum Gasteiger partial charge on any atom is 0.0994 e. The van der Waals surface area contributed by atoms with Gasteiger partial charge in [-0.3, -0.25) is 0 Å². The second-order valence-corrected chi connectivity index (χ2v) is 5.78. The molecule has 1 aromatic carbocycles. The molecule has 1 fully saturated rings. The van der Waals surface area contributed by atoms with E-state index in [0.717, 1.165) is 12.0 Å². The van der Waals surface area contributed by atoms with Gasteiger partial charge < -0.3 is 0 Å². The fraction of sp³-hybridized carbons (Fsp3) is 0.611. The minimum absolute atomic E-state index is 0.640. The molecule has 0 radical (unpaired) electrons. The van der Waals surface area contributed by atoms with E-state index in [1.165, 1.54) is 62.5 Å². The minimum Gasteiger partial charge on any atom is -0.192 e. The highest BCUT2D eigenvalue weighted by Gasteiger charge is 2.21. The van der Waals surface area contributed by atoms with Gasteiger partial charge in [-0.2, -0.15) is 5.26 Å². The molecule has 19 heavy (non-hydrogen) atoms. The van der Waals surface area contributed by atoms with Gasteiger partial charge >= 0.3 is 0 Å². The first-order chi connectivity index (χ1) is 9.36. The molecule has 1 aliphatic rings. The molecule has 1 heteroatoms. The van der Waals surface area contributed by atoms with Crippen molar-refractivity contribution >= 4 is 0 Å². The van der Waals surface area contributed by atoms with Crippen LogP contribution in [0.3, 0.4) is 0 Å². The molecule has 102 valence electrons. The molecule has 0 unspecified atom stereocenters. The summed E-state index contributed by atoms with van der Waals surface area (Å²) in [5, 5.41) is 9.40. The van der Waals surface area contributed by atoms with Gasteiger partial charge in [-0.25, -0.2) is 0 Å². The first-order valence-corrected chi connectivity index (χ1v) is 7.88. The summed E-state index contributed by atoms with van der Waals surface area (Å²) in [6, 6.07) is 8.74. The number of nitrogens with zero attached hydrogens (tertiary/aromatic N) is 1. The van der Waals surface area contributed by atoms with Crippen molar-refractivity contribution in [1.29, 1.82) is 5.26 Å². The quantitative estimate of drug-likeness (QED) is 0.652. The van der Waals surface area contributed by atoms with Crippen molar-refractivity contribution in [3.05, 3.63) is 34.9 Å². The molecule has 2 rings (SSSR count). The molecule has 1 saturated carbocycles. The van der Waals surface area contributed by atoms with Crippen LogP contribution in [0.5, 0.6) is 0 Å². The average Bonchev–Trinajstić information content (AvgIpc) is 2.48. The Labute approximate surface area is 117 Å². The lowest BCUT2D eigenvalue weighted by atomic mass is 9.79. The molecule has 0 aromatic heterocycles. The van der Waals surface area contributed by atoms with Gasteiger partial charge in [-0.15, -0.1) is 0 Å². The van der Waals surface area contributed by atoms with E-state index in [4.69, 9.17) is 0 Å². The molecule has 1 nitrogen and oxygen atoms in total. The van der Waals surface area contributed by atoms with E-state index in [-0.39, 0.29) is 0 Å². The molecule has 0 amide bonds. The molecule has 0 N–H and O–H groups in total. The second-order valence-electron chi connectivity index (χ2n) is 5.78. The van der Waals surface area contributed by atoms with Crippen molar-refractivity contribution in [1.82, 2.24) is 0 Å². The number of hydrogen-bond donors (Lipinski definition) is 0. The lowest BCUT2D eigenvalue weighted by Crippen LogP contribution is -2.09. The summed E-state index contributed by atoms with van der Waals surface area (Å²) in [7, 11) is 0.